The average molecular weight is 228 g/mol. The maximum atomic E-state index is 11.2. The minimum absolute atomic E-state index is 0.149. The van der Waals surface area contributed by atoms with Crippen LogP contribution in [-0.4, -0.2) is 49.5 Å². The van der Waals surface area contributed by atoms with E-state index >= 15 is 0 Å². The molecule has 1 unspecified atom stereocenters. The van der Waals surface area contributed by atoms with Gasteiger partial charge in [0.25, 0.3) is 0 Å². The molecule has 0 saturated heterocycles. The lowest BCUT2D eigenvalue weighted by Gasteiger charge is -2.07. The number of carbonyl (C=O) groups is 2. The molecule has 1 amide bonds. The molecule has 0 aliphatic carbocycles. The molecule has 0 spiro atoms. The molecule has 0 aromatic carbocycles. The van der Waals surface area contributed by atoms with Crippen LogP contribution >= 0.6 is 0 Å². The number of hydrogen-bond donors (Lipinski definition) is 3. The minimum atomic E-state index is -1.57. The van der Waals surface area contributed by atoms with E-state index in [1.807, 2.05) is 0 Å². The van der Waals surface area contributed by atoms with Crippen LogP contribution in [-0.2, 0) is 16.1 Å². The molecule has 1 aromatic heterocycles. The zero-order valence-electron chi connectivity index (χ0n) is 8.41. The molecular formula is C8H12N4O4. The van der Waals surface area contributed by atoms with Gasteiger partial charge in [-0.05, 0) is 0 Å². The summed E-state index contributed by atoms with van der Waals surface area (Å²) in [5.74, 6) is -1.72. The van der Waals surface area contributed by atoms with Gasteiger partial charge in [0.05, 0.1) is 13.1 Å². The number of carboxylic acids is 1. The Morgan fingerprint density at radius 2 is 2.25 bits per heavy atom. The molecule has 1 aromatic rings. The van der Waals surface area contributed by atoms with Crippen LogP contribution in [0.15, 0.2) is 12.7 Å². The van der Waals surface area contributed by atoms with E-state index in [0.29, 0.717) is 6.54 Å². The summed E-state index contributed by atoms with van der Waals surface area (Å²) in [6, 6.07) is 0. The molecule has 16 heavy (non-hydrogen) atoms. The minimum Gasteiger partial charge on any atom is -0.479 e. The highest BCUT2D eigenvalue weighted by molar-refractivity contribution is 5.77. The molecule has 0 aliphatic heterocycles. The topological polar surface area (TPSA) is 117 Å². The Balaban J connectivity index is 2.19. The molecule has 1 rings (SSSR count). The van der Waals surface area contributed by atoms with Gasteiger partial charge in [0.1, 0.15) is 12.7 Å². The highest BCUT2D eigenvalue weighted by Gasteiger charge is 2.13. The summed E-state index contributed by atoms with van der Waals surface area (Å²) in [7, 11) is 0. The van der Waals surface area contributed by atoms with Gasteiger partial charge in [0, 0.05) is 6.42 Å². The maximum absolute atomic E-state index is 11.2. The third kappa shape index (κ3) is 4.05. The number of nitrogens with one attached hydrogen (secondary N) is 1. The Hall–Kier alpha value is -1.96. The first-order chi connectivity index (χ1) is 7.59. The van der Waals surface area contributed by atoms with Crippen molar-refractivity contribution in [1.29, 1.82) is 0 Å². The molecule has 88 valence electrons. The number of aliphatic carboxylic acids is 1. The van der Waals surface area contributed by atoms with Gasteiger partial charge >= 0.3 is 5.97 Å². The second-order valence-corrected chi connectivity index (χ2v) is 3.07. The highest BCUT2D eigenvalue weighted by Crippen LogP contribution is 1.88. The monoisotopic (exact) mass is 228 g/mol. The Kier molecular flexibility index (Phi) is 4.40. The molecule has 0 fully saturated rings. The smallest absolute Gasteiger partial charge is 0.334 e. The quantitative estimate of drug-likeness (QED) is 0.530. The summed E-state index contributed by atoms with van der Waals surface area (Å²) in [6.07, 6.45) is 1.40. The fourth-order valence-corrected chi connectivity index (χ4v) is 0.951. The van der Waals surface area contributed by atoms with Crippen molar-refractivity contribution < 1.29 is 19.8 Å². The van der Waals surface area contributed by atoms with Crippen molar-refractivity contribution >= 4 is 11.9 Å². The van der Waals surface area contributed by atoms with Crippen LogP contribution in [0, 0.1) is 0 Å². The lowest BCUT2D eigenvalue weighted by atomic mass is 10.3. The Labute approximate surface area is 90.9 Å². The van der Waals surface area contributed by atoms with E-state index in [-0.39, 0.29) is 18.9 Å². The van der Waals surface area contributed by atoms with Crippen molar-refractivity contribution in [3.8, 4) is 0 Å². The molecule has 0 saturated carbocycles. The standard InChI is InChI=1S/C8H12N4O4/c13-6(8(15)16)3-10-7(14)1-2-12-5-9-4-11-12/h4-6,13H,1-3H2,(H,10,14)(H,15,16). The first-order valence-electron chi connectivity index (χ1n) is 4.59. The largest absolute Gasteiger partial charge is 0.479 e. The molecule has 0 radical (unpaired) electrons. The SMILES string of the molecule is O=C(CCn1cncn1)NCC(O)C(=O)O. The molecule has 8 heteroatoms. The van der Waals surface area contributed by atoms with Crippen molar-refractivity contribution in [2.45, 2.75) is 19.1 Å². The molecule has 8 nitrogen and oxygen atoms in total. The molecule has 3 N–H and O–H groups in total. The van der Waals surface area contributed by atoms with Crippen molar-refractivity contribution in [1.82, 2.24) is 20.1 Å². The van der Waals surface area contributed by atoms with E-state index in [2.05, 4.69) is 15.4 Å². The average Bonchev–Trinajstić information content (AvgIpc) is 2.75. The van der Waals surface area contributed by atoms with Crippen LogP contribution < -0.4 is 5.32 Å². The fourth-order valence-electron chi connectivity index (χ4n) is 0.951. The van der Waals surface area contributed by atoms with Crippen LogP contribution in [0.1, 0.15) is 6.42 Å². The first-order valence-corrected chi connectivity index (χ1v) is 4.59. The van der Waals surface area contributed by atoms with Crippen molar-refractivity contribution in [2.24, 2.45) is 0 Å². The summed E-state index contributed by atoms with van der Waals surface area (Å²) >= 11 is 0. The molecule has 0 aliphatic rings. The highest BCUT2D eigenvalue weighted by atomic mass is 16.4. The van der Waals surface area contributed by atoms with Gasteiger partial charge in [-0.1, -0.05) is 0 Å². The number of carboxylic acid groups (broad SMARTS) is 1. The number of hydrogen-bond acceptors (Lipinski definition) is 5. The van der Waals surface area contributed by atoms with E-state index in [1.165, 1.54) is 17.3 Å². The van der Waals surface area contributed by atoms with Crippen LogP contribution in [0.3, 0.4) is 0 Å². The van der Waals surface area contributed by atoms with Gasteiger partial charge in [-0.15, -0.1) is 0 Å². The lowest BCUT2D eigenvalue weighted by molar-refractivity contribution is -0.146. The van der Waals surface area contributed by atoms with Crippen molar-refractivity contribution in [3.63, 3.8) is 0 Å². The Morgan fingerprint density at radius 3 is 2.81 bits per heavy atom. The Morgan fingerprint density at radius 1 is 1.50 bits per heavy atom. The number of rotatable bonds is 6. The predicted octanol–water partition coefficient (Wildman–Crippen LogP) is -1.77. The number of amides is 1. The van der Waals surface area contributed by atoms with Gasteiger partial charge in [-0.25, -0.2) is 9.78 Å². The molecule has 1 heterocycles. The summed E-state index contributed by atoms with van der Waals surface area (Å²) in [6.45, 7) is 0.0561. The molecule has 0 bridgehead atoms. The summed E-state index contributed by atoms with van der Waals surface area (Å²) in [5, 5.41) is 23.3. The fraction of sp³-hybridized carbons (Fsp3) is 0.500. The zero-order valence-corrected chi connectivity index (χ0v) is 8.41. The number of aryl methyl sites for hydroxylation is 1. The molecule has 1 atom stereocenters. The number of nitrogens with zero attached hydrogens (tertiary/aromatic N) is 3. The van der Waals surface area contributed by atoms with Gasteiger partial charge in [-0.3, -0.25) is 9.48 Å². The number of aromatic nitrogens is 3. The third-order valence-electron chi connectivity index (χ3n) is 1.81. The normalized spacial score (nSPS) is 12.1. The van der Waals surface area contributed by atoms with Crippen LogP contribution in [0.25, 0.3) is 0 Å². The van der Waals surface area contributed by atoms with E-state index < -0.39 is 12.1 Å². The second-order valence-electron chi connectivity index (χ2n) is 3.07. The summed E-state index contributed by atoms with van der Waals surface area (Å²) in [4.78, 5) is 25.1. The van der Waals surface area contributed by atoms with Crippen LogP contribution in [0.4, 0.5) is 0 Å². The Bertz CT molecular complexity index is 351. The van der Waals surface area contributed by atoms with E-state index in [4.69, 9.17) is 10.2 Å². The van der Waals surface area contributed by atoms with Crippen molar-refractivity contribution in [2.75, 3.05) is 6.54 Å². The number of carbonyl (C=O) groups excluding carboxylic acids is 1. The summed E-state index contributed by atoms with van der Waals surface area (Å²) < 4.78 is 1.48. The van der Waals surface area contributed by atoms with Crippen molar-refractivity contribution in [3.05, 3.63) is 12.7 Å². The number of aliphatic hydroxyl groups is 1. The maximum Gasteiger partial charge on any atom is 0.334 e. The third-order valence-corrected chi connectivity index (χ3v) is 1.81. The zero-order chi connectivity index (χ0) is 12.0. The van der Waals surface area contributed by atoms with Crippen LogP contribution in [0.5, 0.6) is 0 Å². The number of aliphatic hydroxyl groups excluding tert-OH is 1. The van der Waals surface area contributed by atoms with E-state index in [9.17, 15) is 9.59 Å². The first kappa shape index (κ1) is 12.1. The van der Waals surface area contributed by atoms with E-state index in [0.717, 1.165) is 0 Å². The lowest BCUT2D eigenvalue weighted by Crippen LogP contribution is -2.36. The molecular weight excluding hydrogens is 216 g/mol. The second kappa shape index (κ2) is 5.81. The van der Waals surface area contributed by atoms with Gasteiger partial charge in [0.15, 0.2) is 6.10 Å². The predicted molar refractivity (Wildman–Crippen MR) is 51.3 cm³/mol. The van der Waals surface area contributed by atoms with E-state index in [1.54, 1.807) is 0 Å². The van der Waals surface area contributed by atoms with Gasteiger partial charge < -0.3 is 15.5 Å². The van der Waals surface area contributed by atoms with Gasteiger partial charge in [-0.2, -0.15) is 5.10 Å². The van der Waals surface area contributed by atoms with Gasteiger partial charge in [0.2, 0.25) is 5.91 Å². The van der Waals surface area contributed by atoms with Crippen LogP contribution in [0.2, 0.25) is 0 Å². The summed E-state index contributed by atoms with van der Waals surface area (Å²) in [5.41, 5.74) is 0.